The summed E-state index contributed by atoms with van der Waals surface area (Å²) < 4.78 is 4.72. The molecule has 0 aliphatic carbocycles. The molecule has 0 saturated heterocycles. The van der Waals surface area contributed by atoms with Gasteiger partial charge in [0.05, 0.1) is 6.61 Å². The summed E-state index contributed by atoms with van der Waals surface area (Å²) in [5, 5.41) is 0. The molecule has 0 N–H and O–H groups in total. The molecule has 0 aromatic heterocycles. The predicted octanol–water partition coefficient (Wildman–Crippen LogP) is 2.90. The van der Waals surface area contributed by atoms with Crippen LogP contribution in [0.1, 0.15) is 32.6 Å². The molecule has 0 atom stereocenters. The molecular formula is C10H17ClO2. The second-order valence-corrected chi connectivity index (χ2v) is 3.07. The third-order valence-corrected chi connectivity index (χ3v) is 1.81. The molecule has 0 aromatic rings. The Labute approximate surface area is 84.9 Å². The number of hydrogen-bond donors (Lipinski definition) is 0. The number of halogens is 1. The zero-order chi connectivity index (χ0) is 9.94. The first-order valence-electron chi connectivity index (χ1n) is 4.70. The smallest absolute Gasteiger partial charge is 0.330 e. The average Bonchev–Trinajstić information content (AvgIpc) is 2.11. The number of hydrogen-bond acceptors (Lipinski definition) is 2. The zero-order valence-corrected chi connectivity index (χ0v) is 8.85. The van der Waals surface area contributed by atoms with Crippen molar-refractivity contribution in [1.29, 1.82) is 0 Å². The van der Waals surface area contributed by atoms with Gasteiger partial charge in [0.15, 0.2) is 0 Å². The van der Waals surface area contributed by atoms with Crippen molar-refractivity contribution in [2.24, 2.45) is 0 Å². The van der Waals surface area contributed by atoms with Crippen LogP contribution in [-0.4, -0.2) is 18.5 Å². The summed E-state index contributed by atoms with van der Waals surface area (Å²) in [5.41, 5.74) is 0. The van der Waals surface area contributed by atoms with Crippen molar-refractivity contribution in [3.05, 3.63) is 12.2 Å². The quantitative estimate of drug-likeness (QED) is 0.276. The first-order valence-corrected chi connectivity index (χ1v) is 5.24. The van der Waals surface area contributed by atoms with Crippen LogP contribution in [0.2, 0.25) is 0 Å². The highest BCUT2D eigenvalue weighted by Gasteiger charge is 1.91. The van der Waals surface area contributed by atoms with Gasteiger partial charge in [0.2, 0.25) is 0 Å². The average molecular weight is 205 g/mol. The minimum atomic E-state index is -0.250. The number of alkyl halides is 1. The van der Waals surface area contributed by atoms with Crippen molar-refractivity contribution < 1.29 is 9.53 Å². The molecule has 0 heterocycles. The first kappa shape index (κ1) is 12.5. The number of esters is 1. The SMILES string of the molecule is CCOC(=O)C=CCCCCCCl. The van der Waals surface area contributed by atoms with Crippen molar-refractivity contribution in [3.63, 3.8) is 0 Å². The fraction of sp³-hybridized carbons (Fsp3) is 0.700. The highest BCUT2D eigenvalue weighted by Crippen LogP contribution is 2.01. The third kappa shape index (κ3) is 9.41. The standard InChI is InChI=1S/C10H17ClO2/c1-2-13-10(12)8-6-4-3-5-7-9-11/h6,8H,2-5,7,9H2,1H3. The van der Waals surface area contributed by atoms with E-state index < -0.39 is 0 Å². The topological polar surface area (TPSA) is 26.3 Å². The zero-order valence-electron chi connectivity index (χ0n) is 8.09. The van der Waals surface area contributed by atoms with E-state index in [0.717, 1.165) is 31.6 Å². The van der Waals surface area contributed by atoms with Gasteiger partial charge in [-0.1, -0.05) is 12.5 Å². The van der Waals surface area contributed by atoms with E-state index in [1.165, 1.54) is 6.08 Å². The minimum Gasteiger partial charge on any atom is -0.463 e. The van der Waals surface area contributed by atoms with Crippen LogP contribution >= 0.6 is 11.6 Å². The second-order valence-electron chi connectivity index (χ2n) is 2.69. The normalized spacial score (nSPS) is 10.6. The van der Waals surface area contributed by atoms with Gasteiger partial charge in [-0.3, -0.25) is 0 Å². The summed E-state index contributed by atoms with van der Waals surface area (Å²) >= 11 is 5.51. The van der Waals surface area contributed by atoms with E-state index in [2.05, 4.69) is 0 Å². The van der Waals surface area contributed by atoms with Crippen molar-refractivity contribution in [1.82, 2.24) is 0 Å². The summed E-state index contributed by atoms with van der Waals surface area (Å²) in [7, 11) is 0. The van der Waals surface area contributed by atoms with Crippen LogP contribution in [0.3, 0.4) is 0 Å². The summed E-state index contributed by atoms with van der Waals surface area (Å²) in [6.45, 7) is 2.24. The molecule has 0 rings (SSSR count). The number of carbonyl (C=O) groups is 1. The van der Waals surface area contributed by atoms with Gasteiger partial charge < -0.3 is 4.74 Å². The van der Waals surface area contributed by atoms with Crippen LogP contribution in [-0.2, 0) is 9.53 Å². The van der Waals surface area contributed by atoms with Crippen molar-refractivity contribution >= 4 is 17.6 Å². The van der Waals surface area contributed by atoms with Gasteiger partial charge >= 0.3 is 5.97 Å². The maximum Gasteiger partial charge on any atom is 0.330 e. The summed E-state index contributed by atoms with van der Waals surface area (Å²) in [4.78, 5) is 10.8. The van der Waals surface area contributed by atoms with Crippen LogP contribution in [0, 0.1) is 0 Å². The van der Waals surface area contributed by atoms with E-state index in [9.17, 15) is 4.79 Å². The Balaban J connectivity index is 3.25. The number of unbranched alkanes of at least 4 members (excludes halogenated alkanes) is 3. The molecular weight excluding hydrogens is 188 g/mol. The first-order chi connectivity index (χ1) is 6.31. The molecule has 0 aliphatic rings. The lowest BCUT2D eigenvalue weighted by molar-refractivity contribution is -0.137. The summed E-state index contributed by atoms with van der Waals surface area (Å²) in [5.74, 6) is 0.474. The highest BCUT2D eigenvalue weighted by molar-refractivity contribution is 6.17. The van der Waals surface area contributed by atoms with Crippen LogP contribution in [0.4, 0.5) is 0 Å². The van der Waals surface area contributed by atoms with Gasteiger partial charge in [0, 0.05) is 12.0 Å². The van der Waals surface area contributed by atoms with E-state index in [1.807, 2.05) is 6.08 Å². The summed E-state index contributed by atoms with van der Waals surface area (Å²) in [6.07, 6.45) is 7.53. The third-order valence-electron chi connectivity index (χ3n) is 1.54. The molecule has 0 bridgehead atoms. The van der Waals surface area contributed by atoms with Gasteiger partial charge in [-0.25, -0.2) is 4.79 Å². The Hall–Kier alpha value is -0.500. The Kier molecular flexibility index (Phi) is 9.22. The monoisotopic (exact) mass is 204 g/mol. The number of ether oxygens (including phenoxy) is 1. The molecule has 2 nitrogen and oxygen atoms in total. The molecule has 0 saturated carbocycles. The fourth-order valence-electron chi connectivity index (χ4n) is 0.903. The van der Waals surface area contributed by atoms with Crippen molar-refractivity contribution in [3.8, 4) is 0 Å². The number of rotatable bonds is 7. The predicted molar refractivity (Wildman–Crippen MR) is 55.0 cm³/mol. The molecule has 76 valence electrons. The summed E-state index contributed by atoms with van der Waals surface area (Å²) in [6, 6.07) is 0. The van der Waals surface area contributed by atoms with Crippen LogP contribution in [0.15, 0.2) is 12.2 Å². The van der Waals surface area contributed by atoms with Gasteiger partial charge in [-0.15, -0.1) is 11.6 Å². The van der Waals surface area contributed by atoms with E-state index in [1.54, 1.807) is 6.92 Å². The molecule has 0 spiro atoms. The Bertz CT molecular complexity index is 155. The molecule has 0 radical (unpaired) electrons. The van der Waals surface area contributed by atoms with Crippen LogP contribution in [0.5, 0.6) is 0 Å². The lowest BCUT2D eigenvalue weighted by Crippen LogP contribution is -1.98. The van der Waals surface area contributed by atoms with Gasteiger partial charge in [-0.05, 0) is 26.2 Å². The molecule has 0 amide bonds. The van der Waals surface area contributed by atoms with Gasteiger partial charge in [-0.2, -0.15) is 0 Å². The Morgan fingerprint density at radius 2 is 2.15 bits per heavy atom. The lowest BCUT2D eigenvalue weighted by Gasteiger charge is -1.95. The largest absolute Gasteiger partial charge is 0.463 e. The number of carbonyl (C=O) groups excluding carboxylic acids is 1. The molecule has 0 aromatic carbocycles. The van der Waals surface area contributed by atoms with Crippen LogP contribution < -0.4 is 0 Å². The molecule has 0 aliphatic heterocycles. The van der Waals surface area contributed by atoms with E-state index in [0.29, 0.717) is 6.61 Å². The maximum absolute atomic E-state index is 10.8. The van der Waals surface area contributed by atoms with Crippen LogP contribution in [0.25, 0.3) is 0 Å². The second kappa shape index (κ2) is 9.59. The van der Waals surface area contributed by atoms with Gasteiger partial charge in [0.1, 0.15) is 0 Å². The Morgan fingerprint density at radius 3 is 2.77 bits per heavy atom. The Morgan fingerprint density at radius 1 is 1.38 bits per heavy atom. The highest BCUT2D eigenvalue weighted by atomic mass is 35.5. The van der Waals surface area contributed by atoms with Crippen molar-refractivity contribution in [2.45, 2.75) is 32.6 Å². The van der Waals surface area contributed by atoms with E-state index >= 15 is 0 Å². The fourth-order valence-corrected chi connectivity index (χ4v) is 1.09. The van der Waals surface area contributed by atoms with Crippen molar-refractivity contribution in [2.75, 3.05) is 12.5 Å². The van der Waals surface area contributed by atoms with E-state index in [-0.39, 0.29) is 5.97 Å². The molecule has 0 fully saturated rings. The molecule has 13 heavy (non-hydrogen) atoms. The maximum atomic E-state index is 10.8. The molecule has 3 heteroatoms. The van der Waals surface area contributed by atoms with E-state index in [4.69, 9.17) is 16.3 Å². The minimum absolute atomic E-state index is 0.250. The lowest BCUT2D eigenvalue weighted by atomic mass is 10.2. The van der Waals surface area contributed by atoms with Gasteiger partial charge in [0.25, 0.3) is 0 Å². The number of allylic oxidation sites excluding steroid dienone is 1. The molecule has 0 unspecified atom stereocenters.